The number of non-ortho nitro benzene ring substituents is 1. The number of nitrogens with zero attached hydrogens (tertiary/aromatic N) is 1. The van der Waals surface area contributed by atoms with Crippen LogP contribution >= 0.6 is 0 Å². The highest BCUT2D eigenvalue weighted by atomic mass is 32.2. The Labute approximate surface area is 140 Å². The molecule has 0 fully saturated rings. The van der Waals surface area contributed by atoms with Crippen LogP contribution in [0.5, 0.6) is 5.75 Å². The number of methoxy groups -OCH3 is 1. The fraction of sp³-hybridized carbons (Fsp3) is 0.250. The average Bonchev–Trinajstić information content (AvgIpc) is 2.54. The molecule has 0 saturated heterocycles. The van der Waals surface area contributed by atoms with E-state index in [-0.39, 0.29) is 22.3 Å². The van der Waals surface area contributed by atoms with Crippen molar-refractivity contribution in [3.63, 3.8) is 0 Å². The number of sulfonamides is 1. The van der Waals surface area contributed by atoms with Gasteiger partial charge in [-0.3, -0.25) is 14.8 Å². The molecule has 0 spiro atoms. The Bertz CT molecular complexity index is 863. The van der Waals surface area contributed by atoms with Gasteiger partial charge in [0.1, 0.15) is 10.6 Å². The number of rotatable bonds is 6. The average molecular weight is 350 g/mol. The lowest BCUT2D eigenvalue weighted by atomic mass is 10.0. The van der Waals surface area contributed by atoms with Gasteiger partial charge in [0, 0.05) is 6.07 Å². The van der Waals surface area contributed by atoms with Crippen LogP contribution in [0.3, 0.4) is 0 Å². The highest BCUT2D eigenvalue weighted by molar-refractivity contribution is 7.92. The number of nitro benzene ring substituents is 1. The maximum Gasteiger partial charge on any atom is 0.273 e. The van der Waals surface area contributed by atoms with E-state index in [0.717, 1.165) is 23.8 Å². The summed E-state index contributed by atoms with van der Waals surface area (Å²) in [6.45, 7) is 3.92. The third-order valence-electron chi connectivity index (χ3n) is 3.47. The summed E-state index contributed by atoms with van der Waals surface area (Å²) in [4.78, 5) is 10.1. The molecule has 0 heterocycles. The minimum absolute atomic E-state index is 0.0845. The molecule has 0 amide bonds. The van der Waals surface area contributed by atoms with Crippen molar-refractivity contribution in [2.75, 3.05) is 11.8 Å². The van der Waals surface area contributed by atoms with Crippen molar-refractivity contribution in [1.29, 1.82) is 0 Å². The standard InChI is InChI=1S/C16H18N2O5S/c1-11(2)13-6-4-5-7-14(13)17-24(21,22)16-9-8-12(18(19)20)10-15(16)23-3/h4-11,17H,1-3H3. The van der Waals surface area contributed by atoms with Gasteiger partial charge in [-0.1, -0.05) is 32.0 Å². The van der Waals surface area contributed by atoms with Crippen molar-refractivity contribution in [2.24, 2.45) is 0 Å². The first-order chi connectivity index (χ1) is 11.3. The van der Waals surface area contributed by atoms with E-state index in [2.05, 4.69) is 4.72 Å². The summed E-state index contributed by atoms with van der Waals surface area (Å²) in [7, 11) is -2.69. The molecule has 7 nitrogen and oxygen atoms in total. The van der Waals surface area contributed by atoms with Crippen molar-refractivity contribution in [3.05, 3.63) is 58.1 Å². The van der Waals surface area contributed by atoms with Crippen molar-refractivity contribution in [2.45, 2.75) is 24.7 Å². The summed E-state index contributed by atoms with van der Waals surface area (Å²) in [5.41, 5.74) is 1.07. The van der Waals surface area contributed by atoms with E-state index in [1.54, 1.807) is 12.1 Å². The molecular formula is C16H18N2O5S. The van der Waals surface area contributed by atoms with Gasteiger partial charge in [0.2, 0.25) is 0 Å². The lowest BCUT2D eigenvalue weighted by Crippen LogP contribution is -2.15. The minimum atomic E-state index is -3.95. The van der Waals surface area contributed by atoms with E-state index in [4.69, 9.17) is 4.74 Å². The largest absolute Gasteiger partial charge is 0.495 e. The van der Waals surface area contributed by atoms with Crippen LogP contribution in [0.1, 0.15) is 25.3 Å². The molecule has 0 aliphatic carbocycles. The van der Waals surface area contributed by atoms with Gasteiger partial charge in [0.05, 0.1) is 23.8 Å². The first kappa shape index (κ1) is 17.7. The number of ether oxygens (including phenoxy) is 1. The normalized spacial score (nSPS) is 11.3. The zero-order valence-electron chi connectivity index (χ0n) is 13.5. The molecule has 1 N–H and O–H groups in total. The Kier molecular flexibility index (Phi) is 5.08. The van der Waals surface area contributed by atoms with Gasteiger partial charge in [-0.2, -0.15) is 0 Å². The Hall–Kier alpha value is -2.61. The molecule has 24 heavy (non-hydrogen) atoms. The summed E-state index contributed by atoms with van der Waals surface area (Å²) in [6, 6.07) is 10.5. The molecule has 0 radical (unpaired) electrons. The summed E-state index contributed by atoms with van der Waals surface area (Å²) in [6.07, 6.45) is 0. The van der Waals surface area contributed by atoms with E-state index in [1.807, 2.05) is 26.0 Å². The molecule has 0 bridgehead atoms. The number of para-hydroxylation sites is 1. The second-order valence-corrected chi connectivity index (χ2v) is 7.09. The van der Waals surface area contributed by atoms with Crippen LogP contribution in [0.15, 0.2) is 47.4 Å². The van der Waals surface area contributed by atoms with Crippen LogP contribution in [-0.4, -0.2) is 20.5 Å². The molecule has 0 atom stereocenters. The lowest BCUT2D eigenvalue weighted by Gasteiger charge is -2.16. The fourth-order valence-corrected chi connectivity index (χ4v) is 3.52. The summed E-state index contributed by atoms with van der Waals surface area (Å²) in [5, 5.41) is 10.8. The monoisotopic (exact) mass is 350 g/mol. The molecule has 2 aromatic rings. The van der Waals surface area contributed by atoms with Crippen molar-refractivity contribution >= 4 is 21.4 Å². The fourth-order valence-electron chi connectivity index (χ4n) is 2.28. The van der Waals surface area contributed by atoms with E-state index in [0.29, 0.717) is 5.69 Å². The molecule has 2 aromatic carbocycles. The Morgan fingerprint density at radius 2 is 1.83 bits per heavy atom. The maximum atomic E-state index is 12.7. The lowest BCUT2D eigenvalue weighted by molar-refractivity contribution is -0.385. The third kappa shape index (κ3) is 3.65. The SMILES string of the molecule is COc1cc([N+](=O)[O-])ccc1S(=O)(=O)Nc1ccccc1C(C)C. The summed E-state index contributed by atoms with van der Waals surface area (Å²) >= 11 is 0. The number of anilines is 1. The minimum Gasteiger partial charge on any atom is -0.495 e. The van der Waals surface area contributed by atoms with E-state index < -0.39 is 14.9 Å². The molecule has 2 rings (SSSR count). The van der Waals surface area contributed by atoms with Crippen LogP contribution < -0.4 is 9.46 Å². The second kappa shape index (κ2) is 6.88. The molecule has 128 valence electrons. The van der Waals surface area contributed by atoms with E-state index in [1.165, 1.54) is 7.11 Å². The van der Waals surface area contributed by atoms with Gasteiger partial charge in [-0.15, -0.1) is 0 Å². The van der Waals surface area contributed by atoms with Crippen LogP contribution in [0.2, 0.25) is 0 Å². The van der Waals surface area contributed by atoms with Gasteiger partial charge in [-0.25, -0.2) is 8.42 Å². The first-order valence-corrected chi connectivity index (χ1v) is 8.68. The second-order valence-electron chi connectivity index (χ2n) is 5.44. The quantitative estimate of drug-likeness (QED) is 0.635. The molecule has 0 unspecified atom stereocenters. The number of hydrogen-bond acceptors (Lipinski definition) is 5. The van der Waals surface area contributed by atoms with Crippen LogP contribution in [-0.2, 0) is 10.0 Å². The zero-order valence-corrected chi connectivity index (χ0v) is 14.3. The predicted octanol–water partition coefficient (Wildman–Crippen LogP) is 3.53. The topological polar surface area (TPSA) is 98.5 Å². The van der Waals surface area contributed by atoms with Crippen LogP contribution in [0.4, 0.5) is 11.4 Å². The number of nitrogens with one attached hydrogen (secondary N) is 1. The van der Waals surface area contributed by atoms with Gasteiger partial charge < -0.3 is 4.74 Å². The molecular weight excluding hydrogens is 332 g/mol. The first-order valence-electron chi connectivity index (χ1n) is 7.20. The van der Waals surface area contributed by atoms with Crippen molar-refractivity contribution < 1.29 is 18.1 Å². The van der Waals surface area contributed by atoms with Crippen molar-refractivity contribution in [3.8, 4) is 5.75 Å². The maximum absolute atomic E-state index is 12.7. The highest BCUT2D eigenvalue weighted by Crippen LogP contribution is 2.31. The number of benzene rings is 2. The smallest absolute Gasteiger partial charge is 0.273 e. The predicted molar refractivity (Wildman–Crippen MR) is 91.0 cm³/mol. The van der Waals surface area contributed by atoms with E-state index >= 15 is 0 Å². The zero-order chi connectivity index (χ0) is 17.9. The molecule has 0 aliphatic heterocycles. The van der Waals surface area contributed by atoms with Crippen molar-refractivity contribution in [1.82, 2.24) is 0 Å². The van der Waals surface area contributed by atoms with Crippen LogP contribution in [0.25, 0.3) is 0 Å². The molecule has 8 heteroatoms. The van der Waals surface area contributed by atoms with Crippen LogP contribution in [0, 0.1) is 10.1 Å². The van der Waals surface area contributed by atoms with E-state index in [9.17, 15) is 18.5 Å². The van der Waals surface area contributed by atoms with Gasteiger partial charge in [-0.05, 0) is 23.6 Å². The summed E-state index contributed by atoms with van der Waals surface area (Å²) < 4.78 is 32.9. The van der Waals surface area contributed by atoms with Gasteiger partial charge in [0.25, 0.3) is 15.7 Å². The highest BCUT2D eigenvalue weighted by Gasteiger charge is 2.23. The molecule has 0 saturated carbocycles. The number of hydrogen-bond donors (Lipinski definition) is 1. The third-order valence-corrected chi connectivity index (χ3v) is 4.88. The Morgan fingerprint density at radius 1 is 1.17 bits per heavy atom. The number of nitro groups is 1. The summed E-state index contributed by atoms with van der Waals surface area (Å²) in [5.74, 6) is 0.0429. The molecule has 0 aromatic heterocycles. The van der Waals surface area contributed by atoms with Gasteiger partial charge >= 0.3 is 0 Å². The molecule has 0 aliphatic rings. The Balaban J connectivity index is 2.47. The Morgan fingerprint density at radius 3 is 2.42 bits per heavy atom. The van der Waals surface area contributed by atoms with Gasteiger partial charge in [0.15, 0.2) is 0 Å².